The number of rotatable bonds is 20. The van der Waals surface area contributed by atoms with E-state index in [-0.39, 0.29) is 90.7 Å². The van der Waals surface area contributed by atoms with E-state index >= 15 is 0 Å². The average molecular weight is 943 g/mol. The van der Waals surface area contributed by atoms with Gasteiger partial charge >= 0.3 is 0 Å². The third-order valence-corrected chi connectivity index (χ3v) is 13.2. The number of hydrogen-bond acceptors (Lipinski definition) is 9. The number of nitrogens with one attached hydrogen (secondary N) is 5. The molecule has 0 spiro atoms. The van der Waals surface area contributed by atoms with Crippen LogP contribution >= 0.6 is 24.8 Å². The molecule has 5 amide bonds. The molecule has 5 N–H and O–H groups in total. The highest BCUT2D eigenvalue weighted by Gasteiger charge is 2.40. The van der Waals surface area contributed by atoms with E-state index in [1.165, 1.54) is 5.56 Å². The number of unbranched alkanes of at least 4 members (excludes halogenated alkanes) is 2. The second-order valence-corrected chi connectivity index (χ2v) is 18.9. The summed E-state index contributed by atoms with van der Waals surface area (Å²) >= 11 is 0. The molecule has 2 heterocycles. The van der Waals surface area contributed by atoms with E-state index in [1.807, 2.05) is 32.9 Å². The molecule has 0 unspecified atom stereocenters. The van der Waals surface area contributed by atoms with Crippen LogP contribution < -0.4 is 26.6 Å². The van der Waals surface area contributed by atoms with Crippen LogP contribution in [-0.2, 0) is 30.4 Å². The van der Waals surface area contributed by atoms with Crippen LogP contribution in [0.25, 0.3) is 0 Å². The number of likely N-dealkylation sites (N-methyl/N-ethyl adjacent to an activating group) is 2. The number of ketones is 2. The summed E-state index contributed by atoms with van der Waals surface area (Å²) in [5.41, 5.74) is 2.79. The zero-order valence-electron chi connectivity index (χ0n) is 39.3. The van der Waals surface area contributed by atoms with E-state index < -0.39 is 35.6 Å². The maximum Gasteiger partial charge on any atom is 0.245 e. The lowest BCUT2D eigenvalue weighted by molar-refractivity contribution is -0.142. The highest BCUT2D eigenvalue weighted by Crippen LogP contribution is 2.31. The van der Waals surface area contributed by atoms with Crippen LogP contribution in [0.3, 0.4) is 0 Å². The molecule has 0 saturated carbocycles. The minimum Gasteiger partial charge on any atom is -0.347 e. The van der Waals surface area contributed by atoms with Gasteiger partial charge in [-0.3, -0.25) is 33.6 Å². The summed E-state index contributed by atoms with van der Waals surface area (Å²) in [6, 6.07) is 11.8. The lowest BCUT2D eigenvalue weighted by Gasteiger charge is -2.34. The molecule has 1 aliphatic carbocycles. The van der Waals surface area contributed by atoms with Crippen LogP contribution in [0.4, 0.5) is 0 Å². The Morgan fingerprint density at radius 3 is 2.08 bits per heavy atom. The zero-order chi connectivity index (χ0) is 45.8. The highest BCUT2D eigenvalue weighted by atomic mass is 35.5. The molecule has 0 aromatic heterocycles. The van der Waals surface area contributed by atoms with Crippen molar-refractivity contribution >= 4 is 65.9 Å². The summed E-state index contributed by atoms with van der Waals surface area (Å²) in [4.78, 5) is 97.4. The van der Waals surface area contributed by atoms with Gasteiger partial charge in [-0.1, -0.05) is 76.1 Å². The molecular weight excluding hydrogens is 869 g/mol. The normalized spacial score (nSPS) is 19.9. The van der Waals surface area contributed by atoms with Gasteiger partial charge in [0.15, 0.2) is 11.6 Å². The Morgan fingerprint density at radius 2 is 1.40 bits per heavy atom. The van der Waals surface area contributed by atoms with Crippen LogP contribution in [0, 0.1) is 11.3 Å². The molecule has 360 valence electrons. The topological polar surface area (TPSA) is 186 Å². The Bertz CT molecular complexity index is 1980. The number of amides is 5. The quantitative estimate of drug-likeness (QED) is 0.0845. The van der Waals surface area contributed by atoms with E-state index in [0.29, 0.717) is 75.7 Å². The SMILES string of the molecule is CN[C@@H](C)C(=O)N[C@@H](CCCCCC(=O)c1cccc(C(=O)C[C@H]2CCN(C(=O)[C@@H](NC(=O)[C@H](C)NC)C(C)(C)C)C2)c1)C(=O)N1CCC[C@H]1C(=O)N[C@@H]1CCCc2ccccc21.Cl.Cl. The van der Waals surface area contributed by atoms with Crippen molar-refractivity contribution < 1.29 is 33.6 Å². The Kier molecular flexibility index (Phi) is 21.6. The summed E-state index contributed by atoms with van der Waals surface area (Å²) in [7, 11) is 3.37. The number of likely N-dealkylation sites (tertiary alicyclic amines) is 2. The van der Waals surface area contributed by atoms with Crippen LogP contribution in [0.2, 0.25) is 0 Å². The Morgan fingerprint density at radius 1 is 0.738 bits per heavy atom. The van der Waals surface area contributed by atoms with Crippen LogP contribution in [-0.4, -0.2) is 115 Å². The molecule has 7 atom stereocenters. The van der Waals surface area contributed by atoms with Gasteiger partial charge < -0.3 is 36.4 Å². The number of carbonyl (C=O) groups excluding carboxylic acids is 7. The summed E-state index contributed by atoms with van der Waals surface area (Å²) in [5, 5.41) is 14.9. The maximum atomic E-state index is 14.1. The van der Waals surface area contributed by atoms with E-state index in [4.69, 9.17) is 0 Å². The Labute approximate surface area is 398 Å². The van der Waals surface area contributed by atoms with E-state index in [9.17, 15) is 33.6 Å². The highest BCUT2D eigenvalue weighted by molar-refractivity contribution is 6.01. The number of Topliss-reactive ketones (excluding diaryl/α,β-unsaturated/α-hetero) is 2. The monoisotopic (exact) mass is 941 g/mol. The molecular formula is C49H73Cl2N7O7. The number of carbonyl (C=O) groups is 7. The lowest BCUT2D eigenvalue weighted by atomic mass is 9.85. The largest absolute Gasteiger partial charge is 0.347 e. The van der Waals surface area contributed by atoms with Gasteiger partial charge in [-0.05, 0) is 108 Å². The first-order valence-electron chi connectivity index (χ1n) is 23.1. The molecule has 2 aromatic carbocycles. The van der Waals surface area contributed by atoms with Gasteiger partial charge in [0, 0.05) is 43.6 Å². The van der Waals surface area contributed by atoms with Crippen molar-refractivity contribution in [1.29, 1.82) is 0 Å². The van der Waals surface area contributed by atoms with Gasteiger partial charge in [0.1, 0.15) is 18.1 Å². The average Bonchev–Trinajstić information content (AvgIpc) is 3.97. The fourth-order valence-electron chi connectivity index (χ4n) is 8.99. The van der Waals surface area contributed by atoms with Crippen molar-refractivity contribution in [3.05, 3.63) is 70.8 Å². The smallest absolute Gasteiger partial charge is 0.245 e. The summed E-state index contributed by atoms with van der Waals surface area (Å²) < 4.78 is 0. The fraction of sp³-hybridized carbons (Fsp3) is 0.612. The van der Waals surface area contributed by atoms with E-state index in [2.05, 4.69) is 38.7 Å². The van der Waals surface area contributed by atoms with Crippen molar-refractivity contribution in [2.75, 3.05) is 33.7 Å². The molecule has 2 fully saturated rings. The first kappa shape index (κ1) is 55.0. The lowest BCUT2D eigenvalue weighted by Crippen LogP contribution is -2.57. The third kappa shape index (κ3) is 14.8. The standard InChI is InChI=1S/C49H71N7O7.2ClH/c1-31(50-6)44(59)53-39(47(62)56-26-15-23-40(56)46(61)52-38-22-14-17-34-16-11-12-20-37(34)38)21-9-8-10-24-41(57)35-18-13-19-36(29-35)42(58)28-33-25-27-55(30-33)48(63)43(49(3,4)5)54-45(60)32(2)51-7;;/h11-13,16,18-20,29,31-33,38-40,43,50-51H,8-10,14-15,17,21-28,30H2,1-7H3,(H,52,61)(H,53,59)(H,54,60);2*1H/t31-,32-,33+,38+,39-,40-,43+;;/m0../s1. The molecule has 2 aliphatic heterocycles. The van der Waals surface area contributed by atoms with Gasteiger partial charge in [0.25, 0.3) is 0 Å². The predicted molar refractivity (Wildman–Crippen MR) is 257 cm³/mol. The van der Waals surface area contributed by atoms with Gasteiger partial charge in [-0.25, -0.2) is 0 Å². The van der Waals surface area contributed by atoms with Gasteiger partial charge in [0.2, 0.25) is 29.5 Å². The molecule has 14 nitrogen and oxygen atoms in total. The number of nitrogens with zero attached hydrogens (tertiary/aromatic N) is 2. The number of fused-ring (bicyclic) bond motifs is 1. The Hall–Kier alpha value is -4.37. The molecule has 0 bridgehead atoms. The first-order chi connectivity index (χ1) is 30.0. The van der Waals surface area contributed by atoms with Crippen molar-refractivity contribution in [3.63, 3.8) is 0 Å². The molecule has 16 heteroatoms. The van der Waals surface area contributed by atoms with Crippen molar-refractivity contribution in [2.45, 2.75) is 148 Å². The molecule has 3 aliphatic rings. The minimum atomic E-state index is -0.812. The Balaban J connectivity index is 0.00000561. The first-order valence-corrected chi connectivity index (χ1v) is 23.1. The fourth-order valence-corrected chi connectivity index (χ4v) is 8.99. The summed E-state index contributed by atoms with van der Waals surface area (Å²) in [6.45, 7) is 10.6. The molecule has 65 heavy (non-hydrogen) atoms. The number of hydrogen-bond donors (Lipinski definition) is 5. The van der Waals surface area contributed by atoms with Crippen LogP contribution in [0.5, 0.6) is 0 Å². The van der Waals surface area contributed by atoms with E-state index in [1.54, 1.807) is 62.0 Å². The number of benzene rings is 2. The van der Waals surface area contributed by atoms with Gasteiger partial charge in [-0.2, -0.15) is 0 Å². The predicted octanol–water partition coefficient (Wildman–Crippen LogP) is 5.50. The molecule has 2 saturated heterocycles. The molecule has 5 rings (SSSR count). The minimum absolute atomic E-state index is 0. The number of aryl methyl sites for hydroxylation is 1. The van der Waals surface area contributed by atoms with Gasteiger partial charge in [0.05, 0.1) is 18.1 Å². The second-order valence-electron chi connectivity index (χ2n) is 18.9. The third-order valence-electron chi connectivity index (χ3n) is 13.2. The summed E-state index contributed by atoms with van der Waals surface area (Å²) in [6.07, 6.45) is 7.40. The maximum absolute atomic E-state index is 14.1. The van der Waals surface area contributed by atoms with E-state index in [0.717, 1.165) is 24.8 Å². The van der Waals surface area contributed by atoms with Crippen molar-refractivity contribution in [3.8, 4) is 0 Å². The summed E-state index contributed by atoms with van der Waals surface area (Å²) in [5.74, 6) is -1.33. The van der Waals surface area contributed by atoms with Crippen LogP contribution in [0.1, 0.15) is 143 Å². The second kappa shape index (κ2) is 25.5. The van der Waals surface area contributed by atoms with Gasteiger partial charge in [-0.15, -0.1) is 24.8 Å². The molecule has 0 radical (unpaired) electrons. The van der Waals surface area contributed by atoms with Crippen molar-refractivity contribution in [1.82, 2.24) is 36.4 Å². The van der Waals surface area contributed by atoms with Crippen LogP contribution in [0.15, 0.2) is 48.5 Å². The molecule has 2 aromatic rings. The van der Waals surface area contributed by atoms with Crippen molar-refractivity contribution in [2.24, 2.45) is 11.3 Å². The number of halogens is 2. The zero-order valence-corrected chi connectivity index (χ0v) is 41.0.